The molecule has 31 heavy (non-hydrogen) atoms. The molecule has 1 amide bonds. The summed E-state index contributed by atoms with van der Waals surface area (Å²) in [7, 11) is 0. The van der Waals surface area contributed by atoms with E-state index in [1.807, 2.05) is 48.5 Å². The summed E-state index contributed by atoms with van der Waals surface area (Å²) >= 11 is 0. The van der Waals surface area contributed by atoms with Crippen molar-refractivity contribution in [3.05, 3.63) is 94.4 Å². The van der Waals surface area contributed by atoms with Crippen molar-refractivity contribution in [2.24, 2.45) is 0 Å². The monoisotopic (exact) mass is 411 g/mol. The van der Waals surface area contributed by atoms with E-state index in [0.717, 1.165) is 35.2 Å². The van der Waals surface area contributed by atoms with Gasteiger partial charge in [-0.3, -0.25) is 9.59 Å². The van der Waals surface area contributed by atoms with E-state index < -0.39 is 0 Å². The number of fused-ring (bicyclic) bond motifs is 1. The number of carbonyl (C=O) groups excluding carboxylic acids is 1. The molecule has 154 valence electrons. The molecule has 0 aliphatic heterocycles. The fraction of sp³-hybridized carbons (Fsp3) is 0.160. The Kier molecular flexibility index (Phi) is 4.84. The molecule has 0 radical (unpaired) electrons. The molecular formula is C25H21N3O3. The fourth-order valence-electron chi connectivity index (χ4n) is 3.65. The first-order valence-corrected chi connectivity index (χ1v) is 10.3. The van der Waals surface area contributed by atoms with E-state index in [1.54, 1.807) is 29.1 Å². The van der Waals surface area contributed by atoms with Crippen LogP contribution < -0.4 is 10.7 Å². The van der Waals surface area contributed by atoms with Gasteiger partial charge in [0.25, 0.3) is 5.91 Å². The van der Waals surface area contributed by atoms with Crippen molar-refractivity contribution in [1.29, 1.82) is 0 Å². The maximum Gasteiger partial charge on any atom is 0.257 e. The molecule has 2 aromatic heterocycles. The highest BCUT2D eigenvalue weighted by molar-refractivity contribution is 5.97. The van der Waals surface area contributed by atoms with Crippen molar-refractivity contribution >= 4 is 16.9 Å². The van der Waals surface area contributed by atoms with E-state index in [-0.39, 0.29) is 29.5 Å². The van der Waals surface area contributed by atoms with Crippen molar-refractivity contribution in [1.82, 2.24) is 14.9 Å². The number of nitrogens with one attached hydrogen (secondary N) is 1. The SMILES string of the molecule is O=C(NC1CC1)c1cn(-c2cccc(-c3ccc(CO)cc3)c2)c2ncccc2c1=O. The minimum absolute atomic E-state index is 0.00106. The van der Waals surface area contributed by atoms with Gasteiger partial charge < -0.3 is 15.0 Å². The Morgan fingerprint density at radius 1 is 1.06 bits per heavy atom. The lowest BCUT2D eigenvalue weighted by atomic mass is 10.0. The predicted molar refractivity (Wildman–Crippen MR) is 119 cm³/mol. The quantitative estimate of drug-likeness (QED) is 0.527. The number of hydrogen-bond acceptors (Lipinski definition) is 4. The molecule has 0 unspecified atom stereocenters. The third-order valence-corrected chi connectivity index (χ3v) is 5.51. The summed E-state index contributed by atoms with van der Waals surface area (Å²) in [6, 6.07) is 19.1. The van der Waals surface area contributed by atoms with Gasteiger partial charge in [-0.2, -0.15) is 0 Å². The van der Waals surface area contributed by atoms with E-state index in [4.69, 9.17) is 0 Å². The van der Waals surface area contributed by atoms with Gasteiger partial charge in [-0.1, -0.05) is 36.4 Å². The molecule has 6 nitrogen and oxygen atoms in total. The van der Waals surface area contributed by atoms with Gasteiger partial charge in [0.05, 0.1) is 12.0 Å². The maximum absolute atomic E-state index is 13.0. The summed E-state index contributed by atoms with van der Waals surface area (Å²) in [5, 5.41) is 12.6. The first kappa shape index (κ1) is 19.2. The van der Waals surface area contributed by atoms with E-state index in [2.05, 4.69) is 10.3 Å². The van der Waals surface area contributed by atoms with Crippen LogP contribution >= 0.6 is 0 Å². The second kappa shape index (κ2) is 7.81. The molecule has 1 aliphatic carbocycles. The topological polar surface area (TPSA) is 84.2 Å². The molecular weight excluding hydrogens is 390 g/mol. The average molecular weight is 411 g/mol. The number of benzene rings is 2. The first-order chi connectivity index (χ1) is 15.1. The molecule has 2 N–H and O–H groups in total. The van der Waals surface area contributed by atoms with Gasteiger partial charge in [0.1, 0.15) is 11.2 Å². The Balaban J connectivity index is 1.64. The minimum atomic E-state index is -0.345. The molecule has 1 saturated carbocycles. The van der Waals surface area contributed by atoms with Crippen molar-refractivity contribution in [3.63, 3.8) is 0 Å². The number of carbonyl (C=O) groups is 1. The third-order valence-electron chi connectivity index (χ3n) is 5.51. The lowest BCUT2D eigenvalue weighted by Crippen LogP contribution is -2.31. The molecule has 6 heteroatoms. The highest BCUT2D eigenvalue weighted by Crippen LogP contribution is 2.25. The zero-order chi connectivity index (χ0) is 21.4. The van der Waals surface area contributed by atoms with Crippen LogP contribution in [0.25, 0.3) is 27.8 Å². The number of hydrogen-bond donors (Lipinski definition) is 2. The molecule has 0 bridgehead atoms. The number of amides is 1. The highest BCUT2D eigenvalue weighted by atomic mass is 16.3. The zero-order valence-electron chi connectivity index (χ0n) is 16.8. The van der Waals surface area contributed by atoms with Crippen LogP contribution in [-0.2, 0) is 6.61 Å². The van der Waals surface area contributed by atoms with Gasteiger partial charge in [0.15, 0.2) is 0 Å². The summed E-state index contributed by atoms with van der Waals surface area (Å²) in [5.41, 5.74) is 3.94. The Labute approximate surface area is 178 Å². The maximum atomic E-state index is 13.0. The van der Waals surface area contributed by atoms with Crippen LogP contribution in [0.5, 0.6) is 0 Å². The molecule has 1 aliphatic rings. The van der Waals surface area contributed by atoms with E-state index in [0.29, 0.717) is 11.0 Å². The Morgan fingerprint density at radius 3 is 2.61 bits per heavy atom. The standard InChI is InChI=1S/C25H21N3O3/c29-15-16-6-8-17(9-7-16)18-3-1-4-20(13-18)28-14-22(25(31)27-19-10-11-19)23(30)21-5-2-12-26-24(21)28/h1-9,12-14,19,29H,10-11,15H2,(H,27,31). The molecule has 0 spiro atoms. The van der Waals surface area contributed by atoms with Crippen LogP contribution in [0.2, 0.25) is 0 Å². The van der Waals surface area contributed by atoms with Gasteiger partial charge in [-0.25, -0.2) is 4.98 Å². The number of pyridine rings is 2. The molecule has 2 aromatic carbocycles. The van der Waals surface area contributed by atoms with Gasteiger partial charge in [0, 0.05) is 24.1 Å². The van der Waals surface area contributed by atoms with Gasteiger partial charge in [0.2, 0.25) is 5.43 Å². The molecule has 0 saturated heterocycles. The van der Waals surface area contributed by atoms with Gasteiger partial charge >= 0.3 is 0 Å². The minimum Gasteiger partial charge on any atom is -0.392 e. The largest absolute Gasteiger partial charge is 0.392 e. The fourth-order valence-corrected chi connectivity index (χ4v) is 3.65. The summed E-state index contributed by atoms with van der Waals surface area (Å²) in [5.74, 6) is -0.345. The van der Waals surface area contributed by atoms with Crippen LogP contribution in [0.4, 0.5) is 0 Å². The number of aliphatic hydroxyl groups is 1. The second-order valence-corrected chi connectivity index (χ2v) is 7.77. The molecule has 0 atom stereocenters. The highest BCUT2D eigenvalue weighted by Gasteiger charge is 2.26. The van der Waals surface area contributed by atoms with E-state index in [9.17, 15) is 14.7 Å². The van der Waals surface area contributed by atoms with Crippen LogP contribution in [-0.4, -0.2) is 26.6 Å². The van der Waals surface area contributed by atoms with Crippen molar-refractivity contribution < 1.29 is 9.90 Å². The van der Waals surface area contributed by atoms with Crippen molar-refractivity contribution in [3.8, 4) is 16.8 Å². The van der Waals surface area contributed by atoms with E-state index >= 15 is 0 Å². The summed E-state index contributed by atoms with van der Waals surface area (Å²) in [6.45, 7) is 0.00106. The molecule has 5 rings (SSSR count). The van der Waals surface area contributed by atoms with Crippen LogP contribution in [0, 0.1) is 0 Å². The van der Waals surface area contributed by atoms with Crippen molar-refractivity contribution in [2.75, 3.05) is 0 Å². The van der Waals surface area contributed by atoms with Crippen LogP contribution in [0.3, 0.4) is 0 Å². The van der Waals surface area contributed by atoms with Gasteiger partial charge in [-0.05, 0) is 53.8 Å². The number of aliphatic hydroxyl groups excluding tert-OH is 1. The molecule has 4 aromatic rings. The Morgan fingerprint density at radius 2 is 1.87 bits per heavy atom. The van der Waals surface area contributed by atoms with Crippen molar-refractivity contribution in [2.45, 2.75) is 25.5 Å². The predicted octanol–water partition coefficient (Wildman–Crippen LogP) is 3.44. The normalized spacial score (nSPS) is 13.3. The Hall–Kier alpha value is -3.77. The summed E-state index contributed by atoms with van der Waals surface area (Å²) in [6.07, 6.45) is 5.13. The van der Waals surface area contributed by atoms with Crippen LogP contribution in [0.15, 0.2) is 77.9 Å². The lowest BCUT2D eigenvalue weighted by molar-refractivity contribution is 0.0949. The van der Waals surface area contributed by atoms with E-state index in [1.165, 1.54) is 0 Å². The van der Waals surface area contributed by atoms with Crippen LogP contribution in [0.1, 0.15) is 28.8 Å². The third kappa shape index (κ3) is 3.73. The number of rotatable bonds is 5. The molecule has 2 heterocycles. The summed E-state index contributed by atoms with van der Waals surface area (Å²) < 4.78 is 1.80. The zero-order valence-corrected chi connectivity index (χ0v) is 16.8. The smallest absolute Gasteiger partial charge is 0.257 e. The average Bonchev–Trinajstić information content (AvgIpc) is 3.63. The summed E-state index contributed by atoms with van der Waals surface area (Å²) in [4.78, 5) is 30.1. The number of aromatic nitrogens is 2. The second-order valence-electron chi connectivity index (χ2n) is 7.77. The Bertz CT molecular complexity index is 1340. The molecule has 1 fully saturated rings. The lowest BCUT2D eigenvalue weighted by Gasteiger charge is -2.14. The van der Waals surface area contributed by atoms with Gasteiger partial charge in [-0.15, -0.1) is 0 Å². The number of nitrogens with zero attached hydrogens (tertiary/aromatic N) is 2. The first-order valence-electron chi connectivity index (χ1n) is 10.3.